The highest BCUT2D eigenvalue weighted by molar-refractivity contribution is 7.91. The Hall–Kier alpha value is -3.45. The van der Waals surface area contributed by atoms with E-state index in [0.717, 1.165) is 15.4 Å². The minimum Gasteiger partial charge on any atom is -0.344 e. The fourth-order valence-corrected chi connectivity index (χ4v) is 6.68. The molecule has 2 fully saturated rings. The first-order valence-electron chi connectivity index (χ1n) is 9.40. The Kier molecular flexibility index (Phi) is 3.59. The second-order valence-corrected chi connectivity index (χ2v) is 10.2. The molecule has 0 unspecified atom stereocenters. The van der Waals surface area contributed by atoms with Gasteiger partial charge in [0.2, 0.25) is 16.0 Å². The summed E-state index contributed by atoms with van der Waals surface area (Å²) in [7, 11) is -2.25. The van der Waals surface area contributed by atoms with Gasteiger partial charge in [-0.3, -0.25) is 10.2 Å². The lowest BCUT2D eigenvalue weighted by molar-refractivity contribution is 0.102. The summed E-state index contributed by atoms with van der Waals surface area (Å²) in [6.45, 7) is 0. The lowest BCUT2D eigenvalue weighted by Gasteiger charge is -2.54. The van der Waals surface area contributed by atoms with Crippen molar-refractivity contribution in [3.05, 3.63) is 58.9 Å². The third-order valence-corrected chi connectivity index (χ3v) is 9.04. The lowest BCUT2D eigenvalue weighted by Crippen LogP contribution is -2.72. The summed E-state index contributed by atoms with van der Waals surface area (Å²) in [5, 5.41) is 22.9. The number of benzene rings is 1. The van der Waals surface area contributed by atoms with E-state index in [1.54, 1.807) is 12.1 Å². The lowest BCUT2D eigenvalue weighted by atomic mass is 9.67. The highest BCUT2D eigenvalue weighted by Gasteiger charge is 2.75. The van der Waals surface area contributed by atoms with Crippen molar-refractivity contribution in [3.63, 3.8) is 0 Å². The number of fused-ring (bicyclic) bond motifs is 3. The van der Waals surface area contributed by atoms with E-state index in [9.17, 15) is 13.2 Å². The number of sulfonamides is 1. The summed E-state index contributed by atoms with van der Waals surface area (Å²) in [4.78, 5) is 16.5. The number of rotatable bonds is 2. The Bertz CT molecular complexity index is 1260. The largest absolute Gasteiger partial charge is 0.344 e. The van der Waals surface area contributed by atoms with Crippen LogP contribution in [-0.2, 0) is 22.0 Å². The van der Waals surface area contributed by atoms with Crippen LogP contribution in [0.4, 0.5) is 5.69 Å². The van der Waals surface area contributed by atoms with E-state index in [2.05, 4.69) is 15.6 Å². The van der Waals surface area contributed by atoms with Gasteiger partial charge in [-0.05, 0) is 48.2 Å². The Labute approximate surface area is 173 Å². The predicted octanol–water partition coefficient (Wildman–Crippen LogP) is 1.29. The standard InChI is InChI=1S/C20H18N6O3S/c1-26-18(22)25-20(19(6-7-19)30(26,28)29)9-13-3-4-14(8-15(13)20)24-17(27)16-5-2-12(10-21)11-23-16/h2-5,8,11H,6-7,9H2,1H3,(H2,22,25)(H,24,27)/t20-/m1/s1. The SMILES string of the molecule is CN1C(=N)N[C@@]2(Cc3ccc(NC(=O)c4ccc(C#N)cn4)cc32)C2(CC2)S1(=O)=O. The van der Waals surface area contributed by atoms with Crippen molar-refractivity contribution in [3.8, 4) is 6.07 Å². The van der Waals surface area contributed by atoms with Crippen LogP contribution in [0.25, 0.3) is 0 Å². The van der Waals surface area contributed by atoms with Crippen LogP contribution in [0.1, 0.15) is 40.0 Å². The van der Waals surface area contributed by atoms with E-state index in [1.165, 1.54) is 25.4 Å². The second-order valence-electron chi connectivity index (χ2n) is 7.89. The minimum absolute atomic E-state index is 0.144. The Balaban J connectivity index is 1.47. The van der Waals surface area contributed by atoms with Gasteiger partial charge in [0.1, 0.15) is 16.5 Å². The Morgan fingerprint density at radius 3 is 2.73 bits per heavy atom. The summed E-state index contributed by atoms with van der Waals surface area (Å²) in [5.41, 5.74) is 2.00. The topological polar surface area (TPSA) is 139 Å². The van der Waals surface area contributed by atoms with Gasteiger partial charge >= 0.3 is 0 Å². The average molecular weight is 422 g/mol. The van der Waals surface area contributed by atoms with Crippen molar-refractivity contribution in [1.82, 2.24) is 14.6 Å². The van der Waals surface area contributed by atoms with E-state index in [-0.39, 0.29) is 11.7 Å². The van der Waals surface area contributed by atoms with Crippen molar-refractivity contribution >= 4 is 27.6 Å². The van der Waals surface area contributed by atoms with E-state index in [1.807, 2.05) is 12.1 Å². The van der Waals surface area contributed by atoms with Crippen molar-refractivity contribution in [1.29, 1.82) is 10.7 Å². The molecule has 3 N–H and O–H groups in total. The molecule has 2 aromatic rings. The third kappa shape index (κ3) is 2.21. The number of pyridine rings is 1. The third-order valence-electron chi connectivity index (χ3n) is 6.39. The summed E-state index contributed by atoms with van der Waals surface area (Å²) in [6, 6.07) is 10.4. The fourth-order valence-electron chi connectivity index (χ4n) is 4.58. The summed E-state index contributed by atoms with van der Waals surface area (Å²) < 4.78 is 26.2. The molecule has 1 atom stereocenters. The zero-order valence-electron chi connectivity index (χ0n) is 16.1. The fraction of sp³-hybridized carbons (Fsp3) is 0.300. The molecule has 0 bridgehead atoms. The smallest absolute Gasteiger partial charge is 0.274 e. The molecule has 1 aromatic heterocycles. The van der Waals surface area contributed by atoms with Gasteiger partial charge in [0.25, 0.3) is 5.91 Å². The van der Waals surface area contributed by atoms with Crippen LogP contribution in [0.3, 0.4) is 0 Å². The molecular weight excluding hydrogens is 404 g/mol. The molecule has 0 radical (unpaired) electrons. The second kappa shape index (κ2) is 5.79. The monoisotopic (exact) mass is 422 g/mol. The normalized spacial score (nSPS) is 24.4. The number of carbonyl (C=O) groups excluding carboxylic acids is 1. The molecular formula is C20H18N6O3S. The van der Waals surface area contributed by atoms with Crippen LogP contribution in [-0.4, -0.2) is 41.4 Å². The first-order chi connectivity index (χ1) is 14.2. The molecule has 10 heteroatoms. The first kappa shape index (κ1) is 18.6. The van der Waals surface area contributed by atoms with Crippen LogP contribution in [0.2, 0.25) is 0 Å². The summed E-state index contributed by atoms with van der Waals surface area (Å²) in [5.74, 6) is -0.569. The molecule has 1 amide bonds. The maximum Gasteiger partial charge on any atom is 0.274 e. The van der Waals surface area contributed by atoms with Gasteiger partial charge in [0, 0.05) is 25.4 Å². The van der Waals surface area contributed by atoms with E-state index in [0.29, 0.717) is 30.5 Å². The van der Waals surface area contributed by atoms with Crippen LogP contribution < -0.4 is 10.6 Å². The number of aromatic nitrogens is 1. The predicted molar refractivity (Wildman–Crippen MR) is 108 cm³/mol. The Morgan fingerprint density at radius 1 is 1.33 bits per heavy atom. The van der Waals surface area contributed by atoms with Crippen LogP contribution >= 0.6 is 0 Å². The maximum atomic E-state index is 13.1. The van der Waals surface area contributed by atoms with E-state index < -0.39 is 26.2 Å². The van der Waals surface area contributed by atoms with Crippen molar-refractivity contribution in [2.45, 2.75) is 29.5 Å². The highest BCUT2D eigenvalue weighted by Crippen LogP contribution is 2.63. The molecule has 1 saturated heterocycles. The van der Waals surface area contributed by atoms with Crippen LogP contribution in [0.15, 0.2) is 36.5 Å². The molecule has 30 heavy (non-hydrogen) atoms. The van der Waals surface area contributed by atoms with E-state index >= 15 is 0 Å². The maximum absolute atomic E-state index is 13.1. The zero-order valence-corrected chi connectivity index (χ0v) is 16.9. The van der Waals surface area contributed by atoms with Gasteiger partial charge in [-0.15, -0.1) is 0 Å². The number of nitrogens with one attached hydrogen (secondary N) is 3. The average Bonchev–Trinajstić information content (AvgIpc) is 3.54. The molecule has 1 aliphatic heterocycles. The van der Waals surface area contributed by atoms with Gasteiger partial charge in [-0.2, -0.15) is 5.26 Å². The molecule has 1 saturated carbocycles. The number of hydrogen-bond donors (Lipinski definition) is 3. The number of hydrogen-bond acceptors (Lipinski definition) is 6. The molecule has 1 aromatic carbocycles. The number of nitrogens with zero attached hydrogens (tertiary/aromatic N) is 3. The highest BCUT2D eigenvalue weighted by atomic mass is 32.2. The van der Waals surface area contributed by atoms with Crippen molar-refractivity contribution in [2.75, 3.05) is 12.4 Å². The van der Waals surface area contributed by atoms with Crippen molar-refractivity contribution in [2.24, 2.45) is 0 Å². The molecule has 9 nitrogen and oxygen atoms in total. The number of guanidine groups is 1. The van der Waals surface area contributed by atoms with Gasteiger partial charge in [-0.1, -0.05) is 6.07 Å². The number of anilines is 1. The number of amides is 1. The quantitative estimate of drug-likeness (QED) is 0.666. The molecule has 5 rings (SSSR count). The van der Waals surface area contributed by atoms with Crippen molar-refractivity contribution < 1.29 is 13.2 Å². The Morgan fingerprint density at radius 2 is 2.10 bits per heavy atom. The van der Waals surface area contributed by atoms with Gasteiger partial charge < -0.3 is 10.6 Å². The van der Waals surface area contributed by atoms with E-state index in [4.69, 9.17) is 10.7 Å². The molecule has 2 aliphatic carbocycles. The van der Waals surface area contributed by atoms with Gasteiger partial charge in [-0.25, -0.2) is 17.7 Å². The van der Waals surface area contributed by atoms with Crippen LogP contribution in [0.5, 0.6) is 0 Å². The first-order valence-corrected chi connectivity index (χ1v) is 10.8. The molecule has 2 spiro atoms. The van der Waals surface area contributed by atoms with Gasteiger partial charge in [0.15, 0.2) is 0 Å². The molecule has 2 heterocycles. The number of carbonyl (C=O) groups is 1. The van der Waals surface area contributed by atoms with Crippen LogP contribution in [0, 0.1) is 16.7 Å². The summed E-state index contributed by atoms with van der Waals surface area (Å²) >= 11 is 0. The summed E-state index contributed by atoms with van der Waals surface area (Å²) in [6.07, 6.45) is 2.91. The zero-order chi connectivity index (χ0) is 21.3. The van der Waals surface area contributed by atoms with Gasteiger partial charge in [0.05, 0.1) is 11.1 Å². The molecule has 152 valence electrons. The minimum atomic E-state index is -3.65. The number of nitriles is 1. The molecule has 3 aliphatic rings.